The molecule has 0 fully saturated rings. The van der Waals surface area contributed by atoms with Gasteiger partial charge in [0.1, 0.15) is 0 Å². The first-order valence-corrected chi connectivity index (χ1v) is 7.18. The molecule has 1 unspecified atom stereocenters. The van der Waals surface area contributed by atoms with Crippen molar-refractivity contribution >= 4 is 0 Å². The predicted molar refractivity (Wildman–Crippen MR) is 81.8 cm³/mol. The summed E-state index contributed by atoms with van der Waals surface area (Å²) < 4.78 is 5.52. The highest BCUT2D eigenvalue weighted by atomic mass is 16.5. The summed E-state index contributed by atoms with van der Waals surface area (Å²) in [5, 5.41) is 10.5. The Morgan fingerprint density at radius 2 is 1.40 bits per heavy atom. The van der Waals surface area contributed by atoms with Crippen LogP contribution in [-0.2, 0) is 4.74 Å². The van der Waals surface area contributed by atoms with Crippen LogP contribution in [0.25, 0.3) is 0 Å². The Morgan fingerprint density at radius 1 is 0.900 bits per heavy atom. The number of aliphatic hydroxyl groups excluding tert-OH is 1. The maximum Gasteiger partial charge on any atom is 0.0882 e. The lowest BCUT2D eigenvalue weighted by Gasteiger charge is -2.24. The van der Waals surface area contributed by atoms with E-state index in [-0.39, 0.29) is 5.92 Å². The second-order valence-corrected chi connectivity index (χ2v) is 4.94. The third kappa shape index (κ3) is 3.92. The Kier molecular flexibility index (Phi) is 5.78. The number of hydrogen-bond donors (Lipinski definition) is 1. The summed E-state index contributed by atoms with van der Waals surface area (Å²) in [6.45, 7) is 3.12. The fraction of sp³-hybridized carbons (Fsp3) is 0.333. The van der Waals surface area contributed by atoms with Crippen molar-refractivity contribution in [2.24, 2.45) is 0 Å². The number of aliphatic hydroxyl groups is 1. The van der Waals surface area contributed by atoms with Crippen molar-refractivity contribution in [3.05, 3.63) is 71.8 Å². The Balaban J connectivity index is 2.21. The molecule has 0 saturated carbocycles. The molecule has 0 aliphatic carbocycles. The Hall–Kier alpha value is -1.64. The van der Waals surface area contributed by atoms with Crippen LogP contribution in [0.5, 0.6) is 0 Å². The fourth-order valence-corrected chi connectivity index (χ4v) is 2.40. The van der Waals surface area contributed by atoms with Crippen molar-refractivity contribution in [1.82, 2.24) is 0 Å². The molecule has 0 aliphatic heterocycles. The maximum absolute atomic E-state index is 10.5. The van der Waals surface area contributed by atoms with Gasteiger partial charge in [-0.15, -0.1) is 0 Å². The van der Waals surface area contributed by atoms with Gasteiger partial charge in [0.05, 0.1) is 12.7 Å². The summed E-state index contributed by atoms with van der Waals surface area (Å²) in [6.07, 6.45) is 0.431. The van der Waals surface area contributed by atoms with Crippen molar-refractivity contribution in [3.63, 3.8) is 0 Å². The number of hydrogen-bond acceptors (Lipinski definition) is 2. The highest BCUT2D eigenvalue weighted by Gasteiger charge is 2.22. The third-order valence-corrected chi connectivity index (χ3v) is 3.34. The number of ether oxygens (including phenoxy) is 1. The van der Waals surface area contributed by atoms with E-state index in [0.717, 1.165) is 17.5 Å². The van der Waals surface area contributed by atoms with Crippen LogP contribution in [0.1, 0.15) is 30.4 Å². The molecule has 2 rings (SSSR count). The van der Waals surface area contributed by atoms with Crippen LogP contribution in [-0.4, -0.2) is 24.4 Å². The number of rotatable bonds is 7. The van der Waals surface area contributed by atoms with Gasteiger partial charge in [-0.3, -0.25) is 0 Å². The summed E-state index contributed by atoms with van der Waals surface area (Å²) in [4.78, 5) is 0. The average molecular weight is 270 g/mol. The van der Waals surface area contributed by atoms with Crippen LogP contribution in [0.2, 0.25) is 0 Å². The van der Waals surface area contributed by atoms with Gasteiger partial charge in [0, 0.05) is 12.5 Å². The molecule has 1 atom stereocenters. The molecule has 0 aromatic heterocycles. The van der Waals surface area contributed by atoms with Gasteiger partial charge in [-0.25, -0.2) is 0 Å². The van der Waals surface area contributed by atoms with Gasteiger partial charge in [0.2, 0.25) is 0 Å². The molecule has 0 bridgehead atoms. The van der Waals surface area contributed by atoms with Crippen molar-refractivity contribution in [1.29, 1.82) is 0 Å². The Morgan fingerprint density at radius 3 is 1.85 bits per heavy atom. The summed E-state index contributed by atoms with van der Waals surface area (Å²) in [5.41, 5.74) is 2.23. The maximum atomic E-state index is 10.5. The standard InChI is InChI=1S/C18H22O2/c1-2-13-20-14-17(19)18(15-9-5-3-6-10-15)16-11-7-4-8-12-16/h3-12,17-19H,2,13-14H2,1H3. The summed E-state index contributed by atoms with van der Waals surface area (Å²) >= 11 is 0. The molecule has 0 radical (unpaired) electrons. The van der Waals surface area contributed by atoms with Gasteiger partial charge in [-0.1, -0.05) is 67.6 Å². The minimum Gasteiger partial charge on any atom is -0.390 e. The molecule has 2 nitrogen and oxygen atoms in total. The van der Waals surface area contributed by atoms with Crippen molar-refractivity contribution < 1.29 is 9.84 Å². The van der Waals surface area contributed by atoms with Crippen molar-refractivity contribution in [2.45, 2.75) is 25.4 Å². The molecule has 0 amide bonds. The summed E-state index contributed by atoms with van der Waals surface area (Å²) in [5.74, 6) is -0.0470. The average Bonchev–Trinajstić information content (AvgIpc) is 2.50. The number of benzene rings is 2. The highest BCUT2D eigenvalue weighted by molar-refractivity contribution is 5.33. The molecule has 106 valence electrons. The molecule has 0 spiro atoms. The van der Waals surface area contributed by atoms with Crippen LogP contribution in [0.3, 0.4) is 0 Å². The van der Waals surface area contributed by atoms with E-state index in [9.17, 15) is 5.11 Å². The van der Waals surface area contributed by atoms with Crippen LogP contribution < -0.4 is 0 Å². The van der Waals surface area contributed by atoms with Crippen LogP contribution in [0.4, 0.5) is 0 Å². The van der Waals surface area contributed by atoms with E-state index >= 15 is 0 Å². The molecule has 2 heteroatoms. The van der Waals surface area contributed by atoms with Gasteiger partial charge in [0.25, 0.3) is 0 Å². The summed E-state index contributed by atoms with van der Waals surface area (Å²) in [6, 6.07) is 20.2. The Labute approximate surface area is 121 Å². The van der Waals surface area contributed by atoms with E-state index in [1.54, 1.807) is 0 Å². The van der Waals surface area contributed by atoms with Crippen molar-refractivity contribution in [3.8, 4) is 0 Å². The predicted octanol–water partition coefficient (Wildman–Crippen LogP) is 3.61. The molecular formula is C18H22O2. The SMILES string of the molecule is CCCOCC(O)C(c1ccccc1)c1ccccc1. The second kappa shape index (κ2) is 7.83. The molecule has 0 aliphatic rings. The first-order valence-electron chi connectivity index (χ1n) is 7.18. The van der Waals surface area contributed by atoms with E-state index < -0.39 is 6.10 Å². The largest absolute Gasteiger partial charge is 0.390 e. The second-order valence-electron chi connectivity index (χ2n) is 4.94. The fourth-order valence-electron chi connectivity index (χ4n) is 2.40. The zero-order valence-electron chi connectivity index (χ0n) is 11.9. The van der Waals surface area contributed by atoms with Gasteiger partial charge >= 0.3 is 0 Å². The van der Waals surface area contributed by atoms with Gasteiger partial charge < -0.3 is 9.84 Å². The van der Waals surface area contributed by atoms with E-state index in [2.05, 4.69) is 31.2 Å². The van der Waals surface area contributed by atoms with Gasteiger partial charge in [-0.2, -0.15) is 0 Å². The molecule has 0 saturated heterocycles. The monoisotopic (exact) mass is 270 g/mol. The van der Waals surface area contributed by atoms with E-state index in [4.69, 9.17) is 4.74 Å². The lowest BCUT2D eigenvalue weighted by atomic mass is 9.87. The lowest BCUT2D eigenvalue weighted by molar-refractivity contribution is 0.0288. The topological polar surface area (TPSA) is 29.5 Å². The molecule has 1 N–H and O–H groups in total. The first kappa shape index (κ1) is 14.8. The summed E-state index contributed by atoms with van der Waals surface area (Å²) in [7, 11) is 0. The third-order valence-electron chi connectivity index (χ3n) is 3.34. The smallest absolute Gasteiger partial charge is 0.0882 e. The normalized spacial score (nSPS) is 12.6. The highest BCUT2D eigenvalue weighted by Crippen LogP contribution is 2.28. The molecule has 20 heavy (non-hydrogen) atoms. The minimum absolute atomic E-state index is 0.0470. The van der Waals surface area contributed by atoms with E-state index in [0.29, 0.717) is 13.2 Å². The molecule has 2 aromatic carbocycles. The van der Waals surface area contributed by atoms with Gasteiger partial charge in [0.15, 0.2) is 0 Å². The van der Waals surface area contributed by atoms with Crippen LogP contribution in [0, 0.1) is 0 Å². The molecule has 2 aromatic rings. The van der Waals surface area contributed by atoms with E-state index in [1.807, 2.05) is 36.4 Å². The minimum atomic E-state index is -0.536. The van der Waals surface area contributed by atoms with E-state index in [1.165, 1.54) is 0 Å². The lowest BCUT2D eigenvalue weighted by Crippen LogP contribution is -2.25. The zero-order valence-corrected chi connectivity index (χ0v) is 11.9. The quantitative estimate of drug-likeness (QED) is 0.779. The Bertz CT molecular complexity index is 442. The molecule has 0 heterocycles. The first-order chi connectivity index (χ1) is 9.83. The van der Waals surface area contributed by atoms with Crippen molar-refractivity contribution in [2.75, 3.05) is 13.2 Å². The molecular weight excluding hydrogens is 248 g/mol. The van der Waals surface area contributed by atoms with Crippen LogP contribution >= 0.6 is 0 Å². The van der Waals surface area contributed by atoms with Gasteiger partial charge in [-0.05, 0) is 17.5 Å². The zero-order chi connectivity index (χ0) is 14.2. The van der Waals surface area contributed by atoms with Crippen LogP contribution in [0.15, 0.2) is 60.7 Å².